The van der Waals surface area contributed by atoms with Crippen molar-refractivity contribution >= 4 is 49.8 Å². The Labute approximate surface area is 324 Å². The molecule has 10 aromatic rings. The zero-order chi connectivity index (χ0) is 41.9. The van der Waals surface area contributed by atoms with Gasteiger partial charge in [0.2, 0.25) is 0 Å². The highest BCUT2D eigenvalue weighted by atomic mass is 16.3. The summed E-state index contributed by atoms with van der Waals surface area (Å²) in [7, 11) is 0. The molecule has 1 aromatic heterocycles. The van der Waals surface area contributed by atoms with Crippen LogP contribution in [-0.4, -0.2) is 0 Å². The van der Waals surface area contributed by atoms with E-state index in [1.54, 1.807) is 12.1 Å². The van der Waals surface area contributed by atoms with Crippen LogP contribution in [0.15, 0.2) is 217 Å². The number of hydrogen-bond donors (Lipinski definition) is 0. The van der Waals surface area contributed by atoms with E-state index in [2.05, 4.69) is 114 Å². The lowest BCUT2D eigenvalue weighted by Gasteiger charge is -2.26. The molecule has 0 bridgehead atoms. The predicted molar refractivity (Wildman–Crippen MR) is 228 cm³/mol. The molecule has 1 heterocycles. The topological polar surface area (TPSA) is 16.4 Å². The fourth-order valence-corrected chi connectivity index (χ4v) is 7.22. The van der Waals surface area contributed by atoms with Gasteiger partial charge in [-0.1, -0.05) is 164 Å². The van der Waals surface area contributed by atoms with Gasteiger partial charge in [-0.25, -0.2) is 0 Å². The van der Waals surface area contributed by atoms with Crippen molar-refractivity contribution in [2.24, 2.45) is 0 Å². The average molecular weight is 697 g/mol. The van der Waals surface area contributed by atoms with E-state index < -0.39 is 18.1 Å². The van der Waals surface area contributed by atoms with Crippen molar-refractivity contribution in [2.45, 2.75) is 0 Å². The van der Waals surface area contributed by atoms with Gasteiger partial charge >= 0.3 is 0 Å². The predicted octanol–water partition coefficient (Wildman–Crippen LogP) is 14.9. The van der Waals surface area contributed by atoms with Crippen LogP contribution in [0.25, 0.3) is 77.2 Å². The SMILES string of the molecule is [2H]c1c([2H])c([2H])c2c([2H])c(-c3ccc(-c4ccc(N(c5ccc(-c6cccc7c6oc6ccccc67)cc5)c5cccc(-c6ccccc6)c5)cc4)cc3)c([2H])c([2H])c2c1[2H]. The Morgan fingerprint density at radius 2 is 0.963 bits per heavy atom. The van der Waals surface area contributed by atoms with Gasteiger partial charge in [0, 0.05) is 33.4 Å². The third-order valence-electron chi connectivity index (χ3n) is 9.93. The molecule has 0 aliphatic rings. The third kappa shape index (κ3) is 5.81. The molecule has 0 saturated carbocycles. The van der Waals surface area contributed by atoms with Crippen LogP contribution in [0.2, 0.25) is 0 Å². The second-order valence-electron chi connectivity index (χ2n) is 13.2. The Morgan fingerprint density at radius 1 is 0.389 bits per heavy atom. The second kappa shape index (κ2) is 13.4. The maximum atomic E-state index is 8.95. The normalized spacial score (nSPS) is 13.1. The van der Waals surface area contributed by atoms with Crippen LogP contribution in [0.4, 0.5) is 17.1 Å². The van der Waals surface area contributed by atoms with Crippen LogP contribution < -0.4 is 4.90 Å². The van der Waals surface area contributed by atoms with Gasteiger partial charge in [0.05, 0.1) is 9.60 Å². The molecule has 0 atom stereocenters. The lowest BCUT2D eigenvalue weighted by Crippen LogP contribution is -2.10. The minimum absolute atomic E-state index is 0.0567. The third-order valence-corrected chi connectivity index (χ3v) is 9.93. The number of nitrogens with zero attached hydrogens (tertiary/aromatic N) is 1. The van der Waals surface area contributed by atoms with Crippen molar-refractivity contribution in [2.75, 3.05) is 4.90 Å². The number of hydrogen-bond acceptors (Lipinski definition) is 2. The summed E-state index contributed by atoms with van der Waals surface area (Å²) in [6.07, 6.45) is 0. The maximum Gasteiger partial charge on any atom is 0.143 e. The van der Waals surface area contributed by atoms with Gasteiger partial charge in [-0.3, -0.25) is 0 Å². The molecule has 0 spiro atoms. The second-order valence-corrected chi connectivity index (χ2v) is 13.2. The number of furan rings is 1. The molecular weight excluding hydrogens is 655 g/mol. The maximum absolute atomic E-state index is 8.95. The Hall–Kier alpha value is -7.16. The van der Waals surface area contributed by atoms with Crippen molar-refractivity contribution in [1.82, 2.24) is 0 Å². The van der Waals surface area contributed by atoms with Gasteiger partial charge in [0.1, 0.15) is 11.2 Å². The molecule has 2 nitrogen and oxygen atoms in total. The fourth-order valence-electron chi connectivity index (χ4n) is 7.22. The summed E-state index contributed by atoms with van der Waals surface area (Å²) in [6.45, 7) is 0. The first-order valence-electron chi connectivity index (χ1n) is 21.3. The zero-order valence-electron chi connectivity index (χ0n) is 36.0. The van der Waals surface area contributed by atoms with Crippen molar-refractivity contribution in [3.8, 4) is 44.5 Å². The summed E-state index contributed by atoms with van der Waals surface area (Å²) < 4.78 is 65.8. The van der Waals surface area contributed by atoms with Gasteiger partial charge < -0.3 is 9.32 Å². The van der Waals surface area contributed by atoms with E-state index in [0.717, 1.165) is 72.4 Å². The number of rotatable bonds is 7. The Balaban J connectivity index is 1.01. The first kappa shape index (κ1) is 24.9. The van der Waals surface area contributed by atoms with Gasteiger partial charge in [-0.2, -0.15) is 0 Å². The fraction of sp³-hybridized carbons (Fsp3) is 0. The number of benzene rings is 9. The van der Waals surface area contributed by atoms with Gasteiger partial charge in [0.25, 0.3) is 0 Å². The standard InChI is InChI=1S/C52H35NO/c1-2-10-36(11-3-1)43-14-8-15-47(35-43)53(46-32-28-41(29-33-46)48-17-9-18-50-49-16-6-7-19-51(49)54-52(48)50)45-30-26-39(27-31-45)38-20-22-40(23-21-38)44-25-24-37-12-4-5-13-42(37)34-44/h1-35H/i4D,5D,12D,13D,24D,25D,34D. The van der Waals surface area contributed by atoms with E-state index in [0.29, 0.717) is 5.56 Å². The molecule has 10 rings (SSSR count). The highest BCUT2D eigenvalue weighted by Gasteiger charge is 2.16. The Bertz CT molecular complexity index is 3310. The molecule has 2 heteroatoms. The molecule has 0 N–H and O–H groups in total. The number of anilines is 3. The van der Waals surface area contributed by atoms with Crippen LogP contribution in [0, 0.1) is 0 Å². The largest absolute Gasteiger partial charge is 0.455 e. The summed E-state index contributed by atoms with van der Waals surface area (Å²) in [5, 5.41) is 2.01. The number of fused-ring (bicyclic) bond motifs is 4. The summed E-state index contributed by atoms with van der Waals surface area (Å²) in [5.41, 5.74) is 11.5. The highest BCUT2D eigenvalue weighted by Crippen LogP contribution is 2.40. The Morgan fingerprint density at radius 3 is 1.72 bits per heavy atom. The lowest BCUT2D eigenvalue weighted by molar-refractivity contribution is 0.670. The quantitative estimate of drug-likeness (QED) is 0.165. The smallest absolute Gasteiger partial charge is 0.143 e. The van der Waals surface area contributed by atoms with E-state index in [-0.39, 0.29) is 40.5 Å². The van der Waals surface area contributed by atoms with Crippen molar-refractivity contribution in [3.05, 3.63) is 212 Å². The molecule has 0 saturated heterocycles. The van der Waals surface area contributed by atoms with E-state index in [9.17, 15) is 0 Å². The summed E-state index contributed by atoms with van der Waals surface area (Å²) in [6, 6.07) is 55.0. The molecular formula is C52H35NO. The molecule has 0 unspecified atom stereocenters. The van der Waals surface area contributed by atoms with Gasteiger partial charge in [-0.05, 0) is 98.2 Å². The van der Waals surface area contributed by atoms with Crippen LogP contribution in [0.3, 0.4) is 0 Å². The van der Waals surface area contributed by atoms with E-state index in [1.807, 2.05) is 48.5 Å². The van der Waals surface area contributed by atoms with Crippen LogP contribution in [-0.2, 0) is 0 Å². The molecule has 9 aromatic carbocycles. The first-order chi connectivity index (χ1) is 29.7. The van der Waals surface area contributed by atoms with E-state index >= 15 is 0 Å². The molecule has 0 amide bonds. The Kier molecular flexibility index (Phi) is 6.20. The minimum atomic E-state index is -0.484. The van der Waals surface area contributed by atoms with Gasteiger partial charge in [0.15, 0.2) is 0 Å². The summed E-state index contributed by atoms with van der Waals surface area (Å²) in [5.74, 6) is 0. The highest BCUT2D eigenvalue weighted by molar-refractivity contribution is 6.09. The lowest BCUT2D eigenvalue weighted by atomic mass is 9.98. The number of para-hydroxylation sites is 2. The van der Waals surface area contributed by atoms with Gasteiger partial charge in [-0.15, -0.1) is 0 Å². The van der Waals surface area contributed by atoms with Crippen LogP contribution >= 0.6 is 0 Å². The molecule has 0 radical (unpaired) electrons. The van der Waals surface area contributed by atoms with E-state index in [1.165, 1.54) is 0 Å². The first-order valence-corrected chi connectivity index (χ1v) is 17.8. The van der Waals surface area contributed by atoms with Crippen molar-refractivity contribution in [1.29, 1.82) is 0 Å². The average Bonchev–Trinajstić information content (AvgIpc) is 3.69. The van der Waals surface area contributed by atoms with Crippen molar-refractivity contribution < 1.29 is 14.0 Å². The van der Waals surface area contributed by atoms with Crippen LogP contribution in [0.1, 0.15) is 9.60 Å². The summed E-state index contributed by atoms with van der Waals surface area (Å²) in [4.78, 5) is 2.24. The molecule has 0 aliphatic carbocycles. The molecule has 0 fully saturated rings. The minimum Gasteiger partial charge on any atom is -0.455 e. The van der Waals surface area contributed by atoms with E-state index in [4.69, 9.17) is 14.0 Å². The zero-order valence-corrected chi connectivity index (χ0v) is 29.0. The summed E-state index contributed by atoms with van der Waals surface area (Å²) >= 11 is 0. The monoisotopic (exact) mass is 696 g/mol. The molecule has 0 aliphatic heterocycles. The molecule has 54 heavy (non-hydrogen) atoms. The van der Waals surface area contributed by atoms with Crippen molar-refractivity contribution in [3.63, 3.8) is 0 Å². The molecule has 254 valence electrons. The van der Waals surface area contributed by atoms with Crippen LogP contribution in [0.5, 0.6) is 0 Å².